The van der Waals surface area contributed by atoms with Gasteiger partial charge in [0.15, 0.2) is 0 Å². The molecule has 1 saturated carbocycles. The quantitative estimate of drug-likeness (QED) is 0.782. The third kappa shape index (κ3) is 6.68. The fraction of sp³-hybridized carbons (Fsp3) is 0.588. The largest absolute Gasteiger partial charge is 0.354 e. The Bertz CT molecular complexity index is 494. The van der Waals surface area contributed by atoms with Crippen LogP contribution in [0.15, 0.2) is 24.3 Å². The van der Waals surface area contributed by atoms with E-state index in [1.165, 1.54) is 24.0 Å². The molecule has 3 rings (SSSR count). The van der Waals surface area contributed by atoms with E-state index in [1.807, 2.05) is 0 Å². The van der Waals surface area contributed by atoms with Crippen molar-refractivity contribution in [1.29, 1.82) is 0 Å². The smallest absolute Gasteiger partial charge is 0.234 e. The van der Waals surface area contributed by atoms with Crippen molar-refractivity contribution in [3.8, 4) is 0 Å². The Morgan fingerprint density at radius 2 is 1.91 bits per heavy atom. The summed E-state index contributed by atoms with van der Waals surface area (Å²) in [5.74, 6) is 0.944. The van der Waals surface area contributed by atoms with E-state index in [0.717, 1.165) is 45.1 Å². The number of hydrogen-bond donors (Lipinski definition) is 2. The molecule has 0 bridgehead atoms. The Labute approximate surface area is 151 Å². The number of benzene rings is 1. The number of rotatable bonds is 7. The summed E-state index contributed by atoms with van der Waals surface area (Å²) in [6.07, 6.45) is 3.77. The normalized spacial score (nSPS) is 16.7. The molecule has 4 nitrogen and oxygen atoms in total. The van der Waals surface area contributed by atoms with E-state index < -0.39 is 0 Å². The van der Waals surface area contributed by atoms with E-state index in [9.17, 15) is 4.79 Å². The van der Waals surface area contributed by atoms with E-state index in [4.69, 9.17) is 0 Å². The molecule has 1 aliphatic heterocycles. The minimum atomic E-state index is 0. The third-order valence-corrected chi connectivity index (χ3v) is 4.38. The van der Waals surface area contributed by atoms with E-state index in [0.29, 0.717) is 6.54 Å². The van der Waals surface area contributed by atoms with Crippen LogP contribution in [0.4, 0.5) is 0 Å². The topological polar surface area (TPSA) is 44.4 Å². The highest BCUT2D eigenvalue weighted by Gasteiger charge is 2.20. The average Bonchev–Trinajstić information content (AvgIpc) is 3.31. The molecule has 2 N–H and O–H groups in total. The van der Waals surface area contributed by atoms with Crippen LogP contribution in [0.2, 0.25) is 0 Å². The van der Waals surface area contributed by atoms with Gasteiger partial charge in [0.2, 0.25) is 5.91 Å². The second-order valence-corrected chi connectivity index (χ2v) is 6.22. The lowest BCUT2D eigenvalue weighted by atomic mass is 10.00. The zero-order chi connectivity index (χ0) is 14.5. The van der Waals surface area contributed by atoms with Gasteiger partial charge in [-0.1, -0.05) is 24.3 Å². The van der Waals surface area contributed by atoms with Gasteiger partial charge in [0, 0.05) is 26.2 Å². The monoisotopic (exact) mass is 359 g/mol. The van der Waals surface area contributed by atoms with Crippen LogP contribution in [0.1, 0.15) is 24.0 Å². The molecule has 0 aromatic heterocycles. The van der Waals surface area contributed by atoms with Crippen LogP contribution in [0.5, 0.6) is 0 Å². The molecular formula is C17H27Cl2N3O. The standard InChI is InChI=1S/C17H25N3O.2ClH/c21-17(12-18-11-14-5-6-14)19-8-10-20-9-7-15-3-1-2-4-16(15)13-20;;/h1-4,14,18H,5-13H2,(H,19,21);2*1H. The Morgan fingerprint density at radius 1 is 1.17 bits per heavy atom. The van der Waals surface area contributed by atoms with Gasteiger partial charge in [-0.3, -0.25) is 9.69 Å². The van der Waals surface area contributed by atoms with Crippen LogP contribution in [0, 0.1) is 5.92 Å². The molecular weight excluding hydrogens is 333 g/mol. The van der Waals surface area contributed by atoms with Gasteiger partial charge in [0.05, 0.1) is 6.54 Å². The van der Waals surface area contributed by atoms with Crippen LogP contribution in [0.3, 0.4) is 0 Å². The molecule has 2 aliphatic rings. The maximum atomic E-state index is 11.7. The maximum Gasteiger partial charge on any atom is 0.234 e. The van der Waals surface area contributed by atoms with Gasteiger partial charge in [-0.15, -0.1) is 24.8 Å². The zero-order valence-electron chi connectivity index (χ0n) is 13.4. The molecule has 1 fully saturated rings. The van der Waals surface area contributed by atoms with Crippen molar-refractivity contribution < 1.29 is 4.79 Å². The number of nitrogens with zero attached hydrogens (tertiary/aromatic N) is 1. The molecule has 0 saturated heterocycles. The first-order valence-corrected chi connectivity index (χ1v) is 8.08. The number of amides is 1. The first kappa shape index (κ1) is 20.2. The summed E-state index contributed by atoms with van der Waals surface area (Å²) in [5.41, 5.74) is 2.91. The van der Waals surface area contributed by atoms with Crippen molar-refractivity contribution in [3.63, 3.8) is 0 Å². The predicted octanol–water partition coefficient (Wildman–Crippen LogP) is 2.00. The molecule has 1 aliphatic carbocycles. The Hall–Kier alpha value is -0.810. The minimum Gasteiger partial charge on any atom is -0.354 e. The molecule has 1 heterocycles. The lowest BCUT2D eigenvalue weighted by Crippen LogP contribution is -2.40. The van der Waals surface area contributed by atoms with Crippen molar-refractivity contribution in [2.45, 2.75) is 25.8 Å². The van der Waals surface area contributed by atoms with E-state index in [1.54, 1.807) is 0 Å². The first-order chi connectivity index (χ1) is 10.3. The first-order valence-electron chi connectivity index (χ1n) is 8.08. The highest BCUT2D eigenvalue weighted by Crippen LogP contribution is 2.27. The molecule has 1 aromatic rings. The van der Waals surface area contributed by atoms with Crippen LogP contribution >= 0.6 is 24.8 Å². The molecule has 0 unspecified atom stereocenters. The highest BCUT2D eigenvalue weighted by molar-refractivity contribution is 5.85. The zero-order valence-corrected chi connectivity index (χ0v) is 15.1. The summed E-state index contributed by atoms with van der Waals surface area (Å²) in [5, 5.41) is 6.23. The van der Waals surface area contributed by atoms with Crippen molar-refractivity contribution in [2.24, 2.45) is 5.92 Å². The van der Waals surface area contributed by atoms with Crippen molar-refractivity contribution in [3.05, 3.63) is 35.4 Å². The third-order valence-electron chi connectivity index (χ3n) is 4.38. The molecule has 130 valence electrons. The van der Waals surface area contributed by atoms with Gasteiger partial charge in [-0.25, -0.2) is 0 Å². The Kier molecular flexibility index (Phi) is 8.92. The maximum absolute atomic E-state index is 11.7. The second kappa shape index (κ2) is 10.1. The van der Waals surface area contributed by atoms with Crippen molar-refractivity contribution in [1.82, 2.24) is 15.5 Å². The SMILES string of the molecule is Cl.Cl.O=C(CNCC1CC1)NCCN1CCc2ccccc2C1. The second-order valence-electron chi connectivity index (χ2n) is 6.22. The van der Waals surface area contributed by atoms with Gasteiger partial charge in [0.1, 0.15) is 0 Å². The lowest BCUT2D eigenvalue weighted by Gasteiger charge is -2.28. The molecule has 23 heavy (non-hydrogen) atoms. The van der Waals surface area contributed by atoms with E-state index in [2.05, 4.69) is 39.8 Å². The Morgan fingerprint density at radius 3 is 2.65 bits per heavy atom. The molecule has 0 radical (unpaired) electrons. The van der Waals surface area contributed by atoms with E-state index >= 15 is 0 Å². The lowest BCUT2D eigenvalue weighted by molar-refractivity contribution is -0.120. The number of fused-ring (bicyclic) bond motifs is 1. The fourth-order valence-corrected chi connectivity index (χ4v) is 2.87. The fourth-order valence-electron chi connectivity index (χ4n) is 2.87. The van der Waals surface area contributed by atoms with Gasteiger partial charge >= 0.3 is 0 Å². The average molecular weight is 360 g/mol. The predicted molar refractivity (Wildman–Crippen MR) is 98.5 cm³/mol. The summed E-state index contributed by atoms with van der Waals surface area (Å²) in [6, 6.07) is 8.65. The summed E-state index contributed by atoms with van der Waals surface area (Å²) in [7, 11) is 0. The van der Waals surface area contributed by atoms with Crippen LogP contribution < -0.4 is 10.6 Å². The molecule has 1 aromatic carbocycles. The van der Waals surface area contributed by atoms with Gasteiger partial charge < -0.3 is 10.6 Å². The number of hydrogen-bond acceptors (Lipinski definition) is 3. The highest BCUT2D eigenvalue weighted by atomic mass is 35.5. The molecule has 0 atom stereocenters. The number of carbonyl (C=O) groups is 1. The number of carbonyl (C=O) groups excluding carboxylic acids is 1. The van der Waals surface area contributed by atoms with Gasteiger partial charge in [-0.2, -0.15) is 0 Å². The molecule has 0 spiro atoms. The molecule has 1 amide bonds. The van der Waals surface area contributed by atoms with Crippen LogP contribution in [-0.2, 0) is 17.8 Å². The van der Waals surface area contributed by atoms with Gasteiger partial charge in [-0.05, 0) is 42.9 Å². The summed E-state index contributed by atoms with van der Waals surface area (Å²) in [6.45, 7) is 5.23. The van der Waals surface area contributed by atoms with Crippen molar-refractivity contribution in [2.75, 3.05) is 32.7 Å². The Balaban J connectivity index is 0.00000132. The van der Waals surface area contributed by atoms with E-state index in [-0.39, 0.29) is 30.7 Å². The summed E-state index contributed by atoms with van der Waals surface area (Å²) in [4.78, 5) is 14.1. The molecule has 6 heteroatoms. The minimum absolute atomic E-state index is 0. The van der Waals surface area contributed by atoms with Crippen LogP contribution in [0.25, 0.3) is 0 Å². The van der Waals surface area contributed by atoms with Crippen LogP contribution in [-0.4, -0.2) is 43.5 Å². The summed E-state index contributed by atoms with van der Waals surface area (Å²) < 4.78 is 0. The number of nitrogens with one attached hydrogen (secondary N) is 2. The summed E-state index contributed by atoms with van der Waals surface area (Å²) >= 11 is 0. The number of halogens is 2. The van der Waals surface area contributed by atoms with Crippen molar-refractivity contribution >= 4 is 30.7 Å². The van der Waals surface area contributed by atoms with Gasteiger partial charge in [0.25, 0.3) is 0 Å².